The van der Waals surface area contributed by atoms with E-state index in [1.165, 1.54) is 0 Å². The highest BCUT2D eigenvalue weighted by Gasteiger charge is 2.63. The summed E-state index contributed by atoms with van der Waals surface area (Å²) >= 11 is 0. The molecule has 3 saturated heterocycles. The van der Waals surface area contributed by atoms with Gasteiger partial charge in [-0.1, -0.05) is 32.0 Å². The van der Waals surface area contributed by atoms with Crippen molar-refractivity contribution < 1.29 is 9.59 Å². The molecule has 0 bridgehead atoms. The Morgan fingerprint density at radius 2 is 1.90 bits per heavy atom. The Hall–Kier alpha value is -2.47. The molecule has 6 heteroatoms. The van der Waals surface area contributed by atoms with Crippen LogP contribution in [0.4, 0.5) is 0 Å². The van der Waals surface area contributed by atoms with Gasteiger partial charge in [0.15, 0.2) is 0 Å². The van der Waals surface area contributed by atoms with Crippen LogP contribution in [0, 0.1) is 16.7 Å². The van der Waals surface area contributed by atoms with Crippen LogP contribution in [0.3, 0.4) is 0 Å². The molecule has 0 saturated carbocycles. The van der Waals surface area contributed by atoms with Gasteiger partial charge in [-0.25, -0.2) is 0 Å². The number of hydrogen-bond acceptors (Lipinski definition) is 4. The molecule has 0 radical (unpaired) electrons. The number of rotatable bonds is 3. The van der Waals surface area contributed by atoms with Crippen molar-refractivity contribution in [3.05, 3.63) is 42.1 Å². The maximum atomic E-state index is 13.4. The van der Waals surface area contributed by atoms with E-state index in [-0.39, 0.29) is 22.6 Å². The summed E-state index contributed by atoms with van der Waals surface area (Å²) in [5.41, 5.74) is 1.12. The molecule has 164 valence electrons. The van der Waals surface area contributed by atoms with Gasteiger partial charge < -0.3 is 15.1 Å². The summed E-state index contributed by atoms with van der Waals surface area (Å²) in [5.74, 6) is 0.870. The van der Waals surface area contributed by atoms with Crippen LogP contribution in [0.1, 0.15) is 43.5 Å². The number of benzene rings is 1. The molecule has 1 N–H and O–H groups in total. The van der Waals surface area contributed by atoms with Gasteiger partial charge in [-0.3, -0.25) is 14.6 Å². The second-order valence-electron chi connectivity index (χ2n) is 10.1. The van der Waals surface area contributed by atoms with Crippen molar-refractivity contribution in [1.82, 2.24) is 20.1 Å². The van der Waals surface area contributed by atoms with E-state index in [4.69, 9.17) is 0 Å². The molecule has 0 aliphatic carbocycles. The second-order valence-corrected chi connectivity index (χ2v) is 10.1. The average Bonchev–Trinajstić information content (AvgIpc) is 3.27. The Balaban J connectivity index is 1.38. The number of carbonyl (C=O) groups excluding carboxylic acids is 2. The van der Waals surface area contributed by atoms with Gasteiger partial charge in [-0.15, -0.1) is 0 Å². The van der Waals surface area contributed by atoms with E-state index in [9.17, 15) is 9.59 Å². The molecular formula is C25H32N4O2. The number of likely N-dealkylation sites (tertiary alicyclic amines) is 2. The molecule has 6 nitrogen and oxygen atoms in total. The molecule has 3 aliphatic rings. The van der Waals surface area contributed by atoms with E-state index in [1.807, 2.05) is 35.2 Å². The van der Waals surface area contributed by atoms with Crippen LogP contribution in [-0.2, 0) is 4.79 Å². The monoisotopic (exact) mass is 420 g/mol. The molecule has 2 spiro atoms. The van der Waals surface area contributed by atoms with Gasteiger partial charge in [-0.05, 0) is 37.3 Å². The van der Waals surface area contributed by atoms with Gasteiger partial charge in [-0.2, -0.15) is 0 Å². The fourth-order valence-corrected chi connectivity index (χ4v) is 6.38. The third-order valence-corrected chi connectivity index (χ3v) is 7.80. The van der Waals surface area contributed by atoms with Crippen molar-refractivity contribution in [2.75, 3.05) is 39.3 Å². The molecule has 0 unspecified atom stereocenters. The first kappa shape index (κ1) is 20.4. The minimum Gasteiger partial charge on any atom is -0.356 e. The molecule has 2 aromatic rings. The number of amides is 2. The smallest absolute Gasteiger partial charge is 0.256 e. The highest BCUT2D eigenvalue weighted by atomic mass is 16.2. The highest BCUT2D eigenvalue weighted by molar-refractivity contribution is 6.05. The van der Waals surface area contributed by atoms with Crippen molar-refractivity contribution in [3.63, 3.8) is 0 Å². The van der Waals surface area contributed by atoms with E-state index in [0.29, 0.717) is 24.6 Å². The molecule has 3 fully saturated rings. The van der Waals surface area contributed by atoms with Crippen LogP contribution in [0.25, 0.3) is 10.9 Å². The number of fused-ring (bicyclic) bond motifs is 2. The van der Waals surface area contributed by atoms with Crippen molar-refractivity contribution >= 4 is 22.7 Å². The Kier molecular flexibility index (Phi) is 5.00. The maximum Gasteiger partial charge on any atom is 0.256 e. The quantitative estimate of drug-likeness (QED) is 0.829. The minimum absolute atomic E-state index is 0.0315. The number of nitrogens with zero attached hydrogens (tertiary/aromatic N) is 3. The number of hydrogen-bond donors (Lipinski definition) is 1. The number of para-hydroxylation sites is 1. The number of piperidine rings is 1. The number of pyridine rings is 1. The zero-order valence-electron chi connectivity index (χ0n) is 18.6. The zero-order valence-corrected chi connectivity index (χ0v) is 18.6. The van der Waals surface area contributed by atoms with Gasteiger partial charge in [0.05, 0.1) is 16.5 Å². The van der Waals surface area contributed by atoms with Gasteiger partial charge in [0.2, 0.25) is 5.91 Å². The highest BCUT2D eigenvalue weighted by Crippen LogP contribution is 2.56. The Labute approximate surface area is 184 Å². The van der Waals surface area contributed by atoms with Gasteiger partial charge >= 0.3 is 0 Å². The first-order valence-corrected chi connectivity index (χ1v) is 11.6. The van der Waals surface area contributed by atoms with E-state index < -0.39 is 0 Å². The SMILES string of the molecule is CC(C)CN1CC2(CCN(C(=O)c3cccc4cccnc34)CC2)[C@]2(CCNC2=O)C1. The lowest BCUT2D eigenvalue weighted by atomic mass is 9.60. The topological polar surface area (TPSA) is 65.5 Å². The van der Waals surface area contributed by atoms with E-state index in [2.05, 4.69) is 29.0 Å². The normalized spacial score (nSPS) is 25.8. The fraction of sp³-hybridized carbons (Fsp3) is 0.560. The molecule has 1 aromatic heterocycles. The van der Waals surface area contributed by atoms with Crippen LogP contribution in [0.2, 0.25) is 0 Å². The van der Waals surface area contributed by atoms with Gasteiger partial charge in [0.25, 0.3) is 5.91 Å². The van der Waals surface area contributed by atoms with Crippen LogP contribution in [-0.4, -0.2) is 65.9 Å². The van der Waals surface area contributed by atoms with E-state index >= 15 is 0 Å². The second kappa shape index (κ2) is 7.59. The molecule has 1 aromatic carbocycles. The van der Waals surface area contributed by atoms with Gasteiger partial charge in [0, 0.05) is 56.3 Å². The van der Waals surface area contributed by atoms with Crippen molar-refractivity contribution in [3.8, 4) is 0 Å². The summed E-state index contributed by atoms with van der Waals surface area (Å²) in [6, 6.07) is 9.70. The molecule has 1 atom stereocenters. The molecule has 4 heterocycles. The average molecular weight is 421 g/mol. The van der Waals surface area contributed by atoms with Crippen LogP contribution in [0.5, 0.6) is 0 Å². The Morgan fingerprint density at radius 1 is 1.13 bits per heavy atom. The molecule has 3 aliphatic heterocycles. The Bertz CT molecular complexity index is 1010. The molecule has 31 heavy (non-hydrogen) atoms. The van der Waals surface area contributed by atoms with Gasteiger partial charge in [0.1, 0.15) is 0 Å². The summed E-state index contributed by atoms with van der Waals surface area (Å²) in [6.07, 6.45) is 4.44. The lowest BCUT2D eigenvalue weighted by molar-refractivity contribution is -0.133. The lowest BCUT2D eigenvalue weighted by Gasteiger charge is -2.46. The molecule has 5 rings (SSSR count). The van der Waals surface area contributed by atoms with Crippen molar-refractivity contribution in [1.29, 1.82) is 0 Å². The minimum atomic E-state index is -0.294. The number of nitrogens with one attached hydrogen (secondary N) is 1. The number of aromatic nitrogens is 1. The third-order valence-electron chi connectivity index (χ3n) is 7.80. The lowest BCUT2D eigenvalue weighted by Crippen LogP contribution is -2.53. The fourth-order valence-electron chi connectivity index (χ4n) is 6.38. The summed E-state index contributed by atoms with van der Waals surface area (Å²) < 4.78 is 0. The first-order valence-electron chi connectivity index (χ1n) is 11.6. The number of carbonyl (C=O) groups is 2. The predicted octanol–water partition coefficient (Wildman–Crippen LogP) is 2.94. The van der Waals surface area contributed by atoms with Crippen LogP contribution < -0.4 is 5.32 Å². The zero-order chi connectivity index (χ0) is 21.6. The summed E-state index contributed by atoms with van der Waals surface area (Å²) in [5, 5.41) is 4.11. The molecule has 2 amide bonds. The molecular weight excluding hydrogens is 388 g/mol. The van der Waals surface area contributed by atoms with E-state index in [0.717, 1.165) is 56.3 Å². The van der Waals surface area contributed by atoms with Crippen molar-refractivity contribution in [2.45, 2.75) is 33.1 Å². The van der Waals surface area contributed by atoms with Crippen LogP contribution >= 0.6 is 0 Å². The first-order chi connectivity index (χ1) is 14.9. The predicted molar refractivity (Wildman–Crippen MR) is 121 cm³/mol. The Morgan fingerprint density at radius 3 is 2.61 bits per heavy atom. The standard InChI is InChI=1S/C25H32N4O2/c1-18(2)15-28-16-24(25(17-28)8-12-27-23(25)31)9-13-29(14-10-24)22(30)20-7-3-5-19-6-4-11-26-21(19)20/h3-7,11,18H,8-10,12-17H2,1-2H3,(H,27,31)/t25-/m1/s1. The maximum absolute atomic E-state index is 13.4. The van der Waals surface area contributed by atoms with Crippen LogP contribution in [0.15, 0.2) is 36.5 Å². The van der Waals surface area contributed by atoms with Crippen molar-refractivity contribution in [2.24, 2.45) is 16.7 Å². The summed E-state index contributed by atoms with van der Waals surface area (Å²) in [6.45, 7) is 9.52. The third kappa shape index (κ3) is 3.23. The summed E-state index contributed by atoms with van der Waals surface area (Å²) in [4.78, 5) is 35.4. The summed E-state index contributed by atoms with van der Waals surface area (Å²) in [7, 11) is 0. The van der Waals surface area contributed by atoms with E-state index in [1.54, 1.807) is 6.20 Å². The largest absolute Gasteiger partial charge is 0.356 e.